The summed E-state index contributed by atoms with van der Waals surface area (Å²) in [7, 11) is 0. The quantitative estimate of drug-likeness (QED) is 0.845. The topological polar surface area (TPSA) is 26.0 Å². The maximum absolute atomic E-state index is 6.42. The number of rotatable bonds is 3. The molecule has 0 amide bonds. The van der Waals surface area contributed by atoms with Gasteiger partial charge in [0.05, 0.1) is 0 Å². The lowest BCUT2D eigenvalue weighted by molar-refractivity contribution is 0.278. The van der Waals surface area contributed by atoms with Crippen LogP contribution in [0.1, 0.15) is 38.8 Å². The average Bonchev–Trinajstić information content (AvgIpc) is 2.37. The molecule has 0 aromatic heterocycles. The van der Waals surface area contributed by atoms with Crippen molar-refractivity contribution in [2.45, 2.75) is 33.2 Å². The van der Waals surface area contributed by atoms with E-state index in [4.69, 9.17) is 5.73 Å². The van der Waals surface area contributed by atoms with Crippen molar-refractivity contribution in [1.29, 1.82) is 0 Å². The highest BCUT2D eigenvalue weighted by atomic mass is 79.9. The Kier molecular flexibility index (Phi) is 3.79. The van der Waals surface area contributed by atoms with Gasteiger partial charge in [0.2, 0.25) is 0 Å². The summed E-state index contributed by atoms with van der Waals surface area (Å²) in [5.74, 6) is 0. The number of fused-ring (bicyclic) bond motifs is 1. The molecule has 2 heteroatoms. The molecule has 0 heterocycles. The van der Waals surface area contributed by atoms with Crippen molar-refractivity contribution in [1.82, 2.24) is 0 Å². The van der Waals surface area contributed by atoms with E-state index in [1.165, 1.54) is 16.3 Å². The molecule has 0 radical (unpaired) electrons. The number of nitrogens with two attached hydrogens (primary N) is 1. The van der Waals surface area contributed by atoms with Gasteiger partial charge < -0.3 is 5.73 Å². The molecule has 0 aliphatic heterocycles. The maximum Gasteiger partial charge on any atom is 0.0347 e. The van der Waals surface area contributed by atoms with Gasteiger partial charge in [0.1, 0.15) is 0 Å². The summed E-state index contributed by atoms with van der Waals surface area (Å²) in [5, 5.41) is 2.48. The Morgan fingerprint density at radius 2 is 1.89 bits per heavy atom. The fourth-order valence-corrected chi connectivity index (χ4v) is 2.76. The largest absolute Gasteiger partial charge is 0.324 e. The number of halogens is 1. The lowest BCUT2D eigenvalue weighted by atomic mass is 9.78. The minimum atomic E-state index is 0.0587. The van der Waals surface area contributed by atoms with Crippen LogP contribution < -0.4 is 5.73 Å². The van der Waals surface area contributed by atoms with Gasteiger partial charge >= 0.3 is 0 Å². The smallest absolute Gasteiger partial charge is 0.0347 e. The summed E-state index contributed by atoms with van der Waals surface area (Å²) >= 11 is 3.65. The van der Waals surface area contributed by atoms with Crippen LogP contribution in [0, 0.1) is 5.41 Å². The molecule has 1 atom stereocenters. The van der Waals surface area contributed by atoms with E-state index in [-0.39, 0.29) is 11.5 Å². The highest BCUT2D eigenvalue weighted by Gasteiger charge is 2.26. The zero-order valence-corrected chi connectivity index (χ0v) is 12.8. The molecule has 1 unspecified atom stereocenters. The number of hydrogen-bond donors (Lipinski definition) is 1. The van der Waals surface area contributed by atoms with Gasteiger partial charge in [-0.1, -0.05) is 61.0 Å². The average molecular weight is 306 g/mol. The first kappa shape index (κ1) is 13.6. The molecule has 2 N–H and O–H groups in total. The van der Waals surface area contributed by atoms with E-state index in [1.807, 2.05) is 0 Å². The normalized spacial score (nSPS) is 13.8. The molecule has 2 rings (SSSR count). The van der Waals surface area contributed by atoms with E-state index in [1.54, 1.807) is 0 Å². The first-order valence-electron chi connectivity index (χ1n) is 6.39. The van der Waals surface area contributed by atoms with Gasteiger partial charge in [-0.15, -0.1) is 0 Å². The van der Waals surface area contributed by atoms with E-state index in [0.29, 0.717) is 0 Å². The van der Waals surface area contributed by atoms with Gasteiger partial charge in [-0.05, 0) is 40.3 Å². The molecule has 0 saturated carbocycles. The van der Waals surface area contributed by atoms with E-state index >= 15 is 0 Å². The molecule has 2 aromatic rings. The van der Waals surface area contributed by atoms with Crippen LogP contribution in [-0.4, -0.2) is 0 Å². The van der Waals surface area contributed by atoms with E-state index < -0.39 is 0 Å². The molecule has 0 aliphatic carbocycles. The van der Waals surface area contributed by atoms with Gasteiger partial charge in [0, 0.05) is 10.5 Å². The van der Waals surface area contributed by atoms with E-state index in [9.17, 15) is 0 Å². The zero-order chi connectivity index (χ0) is 13.3. The summed E-state index contributed by atoms with van der Waals surface area (Å²) in [6.45, 7) is 6.64. The van der Waals surface area contributed by atoms with Crippen molar-refractivity contribution in [3.05, 3.63) is 46.4 Å². The van der Waals surface area contributed by atoms with E-state index in [0.717, 1.165) is 10.9 Å². The summed E-state index contributed by atoms with van der Waals surface area (Å²) in [6, 6.07) is 12.8. The number of hydrogen-bond acceptors (Lipinski definition) is 1. The zero-order valence-electron chi connectivity index (χ0n) is 11.2. The lowest BCUT2D eigenvalue weighted by Crippen LogP contribution is -2.28. The molecule has 0 fully saturated rings. The second-order valence-corrected chi connectivity index (χ2v) is 6.40. The van der Waals surface area contributed by atoms with Crippen molar-refractivity contribution >= 4 is 26.7 Å². The van der Waals surface area contributed by atoms with Gasteiger partial charge in [-0.25, -0.2) is 0 Å². The Labute approximate surface area is 118 Å². The third-order valence-corrected chi connectivity index (χ3v) is 4.60. The molecule has 96 valence electrons. The Morgan fingerprint density at radius 3 is 2.56 bits per heavy atom. The molecule has 0 aliphatic rings. The SMILES string of the molecule is CCC(C)(C)C(N)c1cc(Br)c2ccccc2c1. The summed E-state index contributed by atoms with van der Waals surface area (Å²) < 4.78 is 1.12. The van der Waals surface area contributed by atoms with Crippen molar-refractivity contribution in [3.8, 4) is 0 Å². The van der Waals surface area contributed by atoms with Crippen molar-refractivity contribution in [2.24, 2.45) is 11.1 Å². The molecular formula is C16H20BrN. The highest BCUT2D eigenvalue weighted by Crippen LogP contribution is 2.37. The van der Waals surface area contributed by atoms with Crippen LogP contribution in [0.4, 0.5) is 0 Å². The molecule has 0 saturated heterocycles. The Bertz CT molecular complexity index is 560. The van der Waals surface area contributed by atoms with Gasteiger partial charge in [-0.2, -0.15) is 0 Å². The Hall–Kier alpha value is -0.860. The predicted octanol–water partition coefficient (Wildman–Crippen LogP) is 5.04. The molecule has 0 bridgehead atoms. The molecular weight excluding hydrogens is 286 g/mol. The third kappa shape index (κ3) is 2.45. The first-order valence-corrected chi connectivity index (χ1v) is 7.19. The van der Waals surface area contributed by atoms with Gasteiger partial charge in [-0.3, -0.25) is 0 Å². The first-order chi connectivity index (χ1) is 8.45. The van der Waals surface area contributed by atoms with Crippen LogP contribution in [0.15, 0.2) is 40.9 Å². The van der Waals surface area contributed by atoms with Crippen LogP contribution >= 0.6 is 15.9 Å². The fraction of sp³-hybridized carbons (Fsp3) is 0.375. The Balaban J connectivity index is 2.53. The van der Waals surface area contributed by atoms with Crippen molar-refractivity contribution < 1.29 is 0 Å². The van der Waals surface area contributed by atoms with Crippen LogP contribution in [-0.2, 0) is 0 Å². The monoisotopic (exact) mass is 305 g/mol. The van der Waals surface area contributed by atoms with Crippen LogP contribution in [0.25, 0.3) is 10.8 Å². The highest BCUT2D eigenvalue weighted by molar-refractivity contribution is 9.10. The van der Waals surface area contributed by atoms with Crippen molar-refractivity contribution in [2.75, 3.05) is 0 Å². The second-order valence-electron chi connectivity index (χ2n) is 5.54. The summed E-state index contributed by atoms with van der Waals surface area (Å²) in [5.41, 5.74) is 7.74. The standard InChI is InChI=1S/C16H20BrN/c1-4-16(2,3)15(18)12-9-11-7-5-6-8-13(11)14(17)10-12/h5-10,15H,4,18H2,1-3H3. The molecule has 2 aromatic carbocycles. The minimum absolute atomic E-state index is 0.0587. The third-order valence-electron chi connectivity index (χ3n) is 3.95. The molecule has 0 spiro atoms. The van der Waals surface area contributed by atoms with Gasteiger partial charge in [0.25, 0.3) is 0 Å². The summed E-state index contributed by atoms with van der Waals surface area (Å²) in [4.78, 5) is 0. The Morgan fingerprint density at radius 1 is 1.22 bits per heavy atom. The van der Waals surface area contributed by atoms with Crippen LogP contribution in [0.2, 0.25) is 0 Å². The van der Waals surface area contributed by atoms with Crippen LogP contribution in [0.5, 0.6) is 0 Å². The fourth-order valence-electron chi connectivity index (χ4n) is 2.14. The van der Waals surface area contributed by atoms with Gasteiger partial charge in [0.15, 0.2) is 0 Å². The predicted molar refractivity (Wildman–Crippen MR) is 82.6 cm³/mol. The lowest BCUT2D eigenvalue weighted by Gasteiger charge is -2.31. The number of benzene rings is 2. The minimum Gasteiger partial charge on any atom is -0.324 e. The van der Waals surface area contributed by atoms with E-state index in [2.05, 4.69) is 73.1 Å². The maximum atomic E-state index is 6.42. The second kappa shape index (κ2) is 5.02. The molecule has 1 nitrogen and oxygen atoms in total. The van der Waals surface area contributed by atoms with Crippen molar-refractivity contribution in [3.63, 3.8) is 0 Å². The van der Waals surface area contributed by atoms with Crippen LogP contribution in [0.3, 0.4) is 0 Å². The summed E-state index contributed by atoms with van der Waals surface area (Å²) in [6.07, 6.45) is 1.07. The molecule has 18 heavy (non-hydrogen) atoms.